The van der Waals surface area contributed by atoms with Crippen LogP contribution in [-0.4, -0.2) is 27.4 Å². The summed E-state index contributed by atoms with van der Waals surface area (Å²) in [5, 5.41) is 20.6. The van der Waals surface area contributed by atoms with Gasteiger partial charge < -0.3 is 5.11 Å². The van der Waals surface area contributed by atoms with Crippen LogP contribution in [0.1, 0.15) is 21.6 Å². The average Bonchev–Trinajstić information content (AvgIpc) is 3.00. The van der Waals surface area contributed by atoms with E-state index in [9.17, 15) is 9.90 Å². The molecular weight excluding hydrogens is 384 g/mol. The van der Waals surface area contributed by atoms with Crippen LogP contribution in [0.2, 0.25) is 0 Å². The predicted molar refractivity (Wildman–Crippen MR) is 99.6 cm³/mol. The van der Waals surface area contributed by atoms with Crippen molar-refractivity contribution < 1.29 is 9.90 Å². The van der Waals surface area contributed by atoms with E-state index in [2.05, 4.69) is 36.7 Å². The molecule has 1 heterocycles. The van der Waals surface area contributed by atoms with E-state index < -0.39 is 5.91 Å². The Morgan fingerprint density at radius 3 is 2.80 bits per heavy atom. The largest absolute Gasteiger partial charge is 0.507 e. The lowest BCUT2D eigenvalue weighted by molar-refractivity contribution is 0.0949. The van der Waals surface area contributed by atoms with Crippen LogP contribution in [0.3, 0.4) is 0 Å². The van der Waals surface area contributed by atoms with Crippen molar-refractivity contribution in [1.82, 2.24) is 15.6 Å². The molecule has 0 unspecified atom stereocenters. The smallest absolute Gasteiger partial charge is 0.289 e. The van der Waals surface area contributed by atoms with Gasteiger partial charge in [0, 0.05) is 21.2 Å². The van der Waals surface area contributed by atoms with E-state index in [1.807, 2.05) is 37.3 Å². The van der Waals surface area contributed by atoms with Crippen LogP contribution in [0.15, 0.2) is 58.1 Å². The summed E-state index contributed by atoms with van der Waals surface area (Å²) in [4.78, 5) is 12.3. The summed E-state index contributed by atoms with van der Waals surface area (Å²) in [5.41, 5.74) is 5.65. The Morgan fingerprint density at radius 2 is 2.04 bits per heavy atom. The third-order valence-corrected chi connectivity index (χ3v) is 4.14. The lowest BCUT2D eigenvalue weighted by atomic mass is 10.1. The standard InChI is InChI=1S/C18H15BrN4O2/c1-11-16(12-5-3-2-4-6-12)21-22-17(11)18(25)23-20-10-13-9-14(19)7-8-15(13)24/h2-10,24H,1H3,(H,21,22)(H,23,25)/b20-10+. The normalized spacial score (nSPS) is 11.0. The minimum atomic E-state index is -0.405. The number of hydrogen-bond acceptors (Lipinski definition) is 4. The van der Waals surface area contributed by atoms with Crippen LogP contribution >= 0.6 is 15.9 Å². The van der Waals surface area contributed by atoms with Gasteiger partial charge in [-0.05, 0) is 25.1 Å². The van der Waals surface area contributed by atoms with Gasteiger partial charge in [-0.3, -0.25) is 9.89 Å². The summed E-state index contributed by atoms with van der Waals surface area (Å²) >= 11 is 3.31. The van der Waals surface area contributed by atoms with E-state index in [0.29, 0.717) is 11.3 Å². The van der Waals surface area contributed by atoms with Crippen LogP contribution in [0.4, 0.5) is 0 Å². The van der Waals surface area contributed by atoms with Crippen LogP contribution < -0.4 is 5.43 Å². The van der Waals surface area contributed by atoms with Crippen molar-refractivity contribution in [1.29, 1.82) is 0 Å². The number of nitrogens with zero attached hydrogens (tertiary/aromatic N) is 2. The van der Waals surface area contributed by atoms with E-state index in [1.54, 1.807) is 18.2 Å². The number of H-pyrrole nitrogens is 1. The summed E-state index contributed by atoms with van der Waals surface area (Å²) in [6.07, 6.45) is 1.38. The van der Waals surface area contributed by atoms with Crippen molar-refractivity contribution in [2.45, 2.75) is 6.92 Å². The van der Waals surface area contributed by atoms with Gasteiger partial charge in [0.25, 0.3) is 5.91 Å². The summed E-state index contributed by atoms with van der Waals surface area (Å²) in [6, 6.07) is 14.6. The van der Waals surface area contributed by atoms with E-state index in [0.717, 1.165) is 21.3 Å². The molecule has 0 spiro atoms. The molecule has 1 aromatic heterocycles. The van der Waals surface area contributed by atoms with Crippen molar-refractivity contribution >= 4 is 28.1 Å². The number of nitrogens with one attached hydrogen (secondary N) is 2. The van der Waals surface area contributed by atoms with Gasteiger partial charge in [-0.1, -0.05) is 46.3 Å². The quantitative estimate of drug-likeness (QED) is 0.462. The fourth-order valence-electron chi connectivity index (χ4n) is 2.34. The summed E-state index contributed by atoms with van der Waals surface area (Å²) in [5.74, 6) is -0.330. The number of hydrogen-bond donors (Lipinski definition) is 3. The first-order valence-corrected chi connectivity index (χ1v) is 8.28. The van der Waals surface area contributed by atoms with Crippen LogP contribution in [-0.2, 0) is 0 Å². The summed E-state index contributed by atoms with van der Waals surface area (Å²) in [6.45, 7) is 1.82. The number of hydrazone groups is 1. The number of rotatable bonds is 4. The molecule has 0 aliphatic carbocycles. The van der Waals surface area contributed by atoms with Crippen molar-refractivity contribution in [3.05, 3.63) is 69.8 Å². The highest BCUT2D eigenvalue weighted by atomic mass is 79.9. The molecule has 0 radical (unpaired) electrons. The Balaban J connectivity index is 1.75. The van der Waals surface area contributed by atoms with Crippen LogP contribution in [0.25, 0.3) is 11.3 Å². The molecule has 25 heavy (non-hydrogen) atoms. The maximum Gasteiger partial charge on any atom is 0.289 e. The molecular formula is C18H15BrN4O2. The maximum atomic E-state index is 12.3. The minimum absolute atomic E-state index is 0.0743. The fraction of sp³-hybridized carbons (Fsp3) is 0.0556. The number of amides is 1. The number of carbonyl (C=O) groups is 1. The molecule has 3 rings (SSSR count). The zero-order chi connectivity index (χ0) is 17.8. The zero-order valence-corrected chi connectivity index (χ0v) is 14.9. The Morgan fingerprint density at radius 1 is 1.28 bits per heavy atom. The van der Waals surface area contributed by atoms with Crippen molar-refractivity contribution in [3.63, 3.8) is 0 Å². The molecule has 126 valence electrons. The van der Waals surface area contributed by atoms with Crippen molar-refractivity contribution in [2.24, 2.45) is 5.10 Å². The Bertz CT molecular complexity index is 936. The number of benzene rings is 2. The van der Waals surface area contributed by atoms with Gasteiger partial charge in [0.1, 0.15) is 11.4 Å². The van der Waals surface area contributed by atoms with Crippen molar-refractivity contribution in [3.8, 4) is 17.0 Å². The molecule has 1 amide bonds. The van der Waals surface area contributed by atoms with Gasteiger partial charge in [-0.25, -0.2) is 5.43 Å². The maximum absolute atomic E-state index is 12.3. The van der Waals surface area contributed by atoms with Crippen LogP contribution in [0.5, 0.6) is 5.75 Å². The highest BCUT2D eigenvalue weighted by Crippen LogP contribution is 2.23. The second-order valence-electron chi connectivity index (χ2n) is 5.34. The van der Waals surface area contributed by atoms with E-state index in [1.165, 1.54) is 6.21 Å². The first kappa shape index (κ1) is 16.9. The second kappa shape index (κ2) is 7.31. The number of carbonyl (C=O) groups excluding carboxylic acids is 1. The lowest BCUT2D eigenvalue weighted by Gasteiger charge is -2.01. The van der Waals surface area contributed by atoms with Gasteiger partial charge in [0.15, 0.2) is 0 Å². The molecule has 0 bridgehead atoms. The topological polar surface area (TPSA) is 90.4 Å². The average molecular weight is 399 g/mol. The van der Waals surface area contributed by atoms with Gasteiger partial charge in [0.2, 0.25) is 0 Å². The van der Waals surface area contributed by atoms with Gasteiger partial charge in [-0.15, -0.1) is 0 Å². The third-order valence-electron chi connectivity index (χ3n) is 3.64. The summed E-state index contributed by atoms with van der Waals surface area (Å²) < 4.78 is 0.801. The Hall–Kier alpha value is -2.93. The number of aromatic nitrogens is 2. The van der Waals surface area contributed by atoms with Crippen molar-refractivity contribution in [2.75, 3.05) is 0 Å². The highest BCUT2D eigenvalue weighted by Gasteiger charge is 2.16. The minimum Gasteiger partial charge on any atom is -0.507 e. The molecule has 0 fully saturated rings. The molecule has 0 saturated carbocycles. The van der Waals surface area contributed by atoms with Gasteiger partial charge in [0.05, 0.1) is 11.9 Å². The van der Waals surface area contributed by atoms with E-state index >= 15 is 0 Å². The zero-order valence-electron chi connectivity index (χ0n) is 13.3. The van der Waals surface area contributed by atoms with E-state index in [-0.39, 0.29) is 5.75 Å². The SMILES string of the molecule is Cc1c(-c2ccccc2)n[nH]c1C(=O)N/N=C/c1cc(Br)ccc1O. The molecule has 2 aromatic carbocycles. The molecule has 0 aliphatic rings. The molecule has 3 aromatic rings. The lowest BCUT2D eigenvalue weighted by Crippen LogP contribution is -2.19. The monoisotopic (exact) mass is 398 g/mol. The molecule has 0 atom stereocenters. The van der Waals surface area contributed by atoms with Gasteiger partial charge in [-0.2, -0.15) is 10.2 Å². The molecule has 0 aliphatic heterocycles. The number of phenolic OH excluding ortho intramolecular Hbond substituents is 1. The Labute approximate surface area is 152 Å². The Kier molecular flexibility index (Phi) is 4.95. The van der Waals surface area contributed by atoms with E-state index in [4.69, 9.17) is 0 Å². The molecule has 3 N–H and O–H groups in total. The third kappa shape index (κ3) is 3.77. The summed E-state index contributed by atoms with van der Waals surface area (Å²) in [7, 11) is 0. The van der Waals surface area contributed by atoms with Gasteiger partial charge >= 0.3 is 0 Å². The first-order chi connectivity index (χ1) is 12.1. The molecule has 7 heteroatoms. The van der Waals surface area contributed by atoms with Crippen LogP contribution in [0, 0.1) is 6.92 Å². The predicted octanol–water partition coefficient (Wildman–Crippen LogP) is 3.62. The fourth-order valence-corrected chi connectivity index (χ4v) is 2.72. The highest BCUT2D eigenvalue weighted by molar-refractivity contribution is 9.10. The number of halogens is 1. The number of aromatic hydroxyl groups is 1. The number of aromatic amines is 1. The molecule has 6 nitrogen and oxygen atoms in total. The second-order valence-corrected chi connectivity index (χ2v) is 6.26. The first-order valence-electron chi connectivity index (χ1n) is 7.48. The number of phenols is 1. The molecule has 0 saturated heterocycles.